The van der Waals surface area contributed by atoms with E-state index in [1.807, 2.05) is 37.3 Å². The van der Waals surface area contributed by atoms with Crippen molar-refractivity contribution in [1.29, 1.82) is 0 Å². The molecule has 0 saturated carbocycles. The van der Waals surface area contributed by atoms with Crippen LogP contribution in [-0.4, -0.2) is 5.78 Å². The number of hydrogen-bond acceptors (Lipinski definition) is 2. The quantitative estimate of drug-likeness (QED) is 0.765. The van der Waals surface area contributed by atoms with Crippen molar-refractivity contribution in [2.24, 2.45) is 0 Å². The Morgan fingerprint density at radius 1 is 1.17 bits per heavy atom. The zero-order valence-electron chi connectivity index (χ0n) is 10.2. The molecule has 0 heterocycles. The molecule has 2 aromatic carbocycles. The number of carbonyl (C=O) groups excluding carboxylic acids is 1. The summed E-state index contributed by atoms with van der Waals surface area (Å²) in [5.41, 5.74) is 1.69. The summed E-state index contributed by atoms with van der Waals surface area (Å²) >= 11 is 3.44. The minimum absolute atomic E-state index is 0.000524. The van der Waals surface area contributed by atoms with Crippen molar-refractivity contribution in [3.05, 3.63) is 58.1 Å². The molecule has 0 aliphatic carbocycles. The topological polar surface area (TPSA) is 26.3 Å². The van der Waals surface area contributed by atoms with Gasteiger partial charge in [0.15, 0.2) is 5.78 Å². The Hall–Kier alpha value is -1.61. The van der Waals surface area contributed by atoms with Crippen LogP contribution in [0.5, 0.6) is 11.5 Å². The minimum Gasteiger partial charge on any atom is -0.457 e. The second-order valence-corrected chi connectivity index (χ2v) is 4.92. The van der Waals surface area contributed by atoms with Gasteiger partial charge in [0.25, 0.3) is 0 Å². The molecule has 18 heavy (non-hydrogen) atoms. The van der Waals surface area contributed by atoms with E-state index in [9.17, 15) is 4.79 Å². The third-order valence-electron chi connectivity index (χ3n) is 2.62. The van der Waals surface area contributed by atoms with Gasteiger partial charge in [-0.15, -0.1) is 0 Å². The molecule has 0 unspecified atom stereocenters. The summed E-state index contributed by atoms with van der Waals surface area (Å²) in [4.78, 5) is 11.5. The van der Waals surface area contributed by atoms with Crippen LogP contribution in [0.2, 0.25) is 0 Å². The van der Waals surface area contributed by atoms with Gasteiger partial charge in [-0.3, -0.25) is 4.79 Å². The van der Waals surface area contributed by atoms with Gasteiger partial charge in [0.2, 0.25) is 0 Å². The molecule has 0 fully saturated rings. The Bertz CT molecular complexity index is 591. The first-order valence-corrected chi connectivity index (χ1v) is 6.41. The van der Waals surface area contributed by atoms with Gasteiger partial charge in [0, 0.05) is 4.47 Å². The number of aryl methyl sites for hydroxylation is 1. The maximum Gasteiger partial charge on any atom is 0.163 e. The summed E-state index contributed by atoms with van der Waals surface area (Å²) in [6.45, 7) is 3.53. The lowest BCUT2D eigenvalue weighted by Crippen LogP contribution is -1.96. The van der Waals surface area contributed by atoms with Gasteiger partial charge in [-0.05, 0) is 49.7 Å². The lowest BCUT2D eigenvalue weighted by atomic mass is 10.1. The van der Waals surface area contributed by atoms with Crippen molar-refractivity contribution >= 4 is 21.7 Å². The number of carbonyl (C=O) groups is 1. The molecule has 2 aromatic rings. The van der Waals surface area contributed by atoms with Gasteiger partial charge in [-0.2, -0.15) is 0 Å². The molecular formula is C15H13BrO2. The number of halogens is 1. The van der Waals surface area contributed by atoms with E-state index >= 15 is 0 Å². The average molecular weight is 305 g/mol. The number of rotatable bonds is 3. The van der Waals surface area contributed by atoms with Crippen LogP contribution < -0.4 is 4.74 Å². The fourth-order valence-corrected chi connectivity index (χ4v) is 1.90. The third-order valence-corrected chi connectivity index (χ3v) is 3.51. The highest BCUT2D eigenvalue weighted by Crippen LogP contribution is 2.28. The predicted octanol–water partition coefficient (Wildman–Crippen LogP) is 4.75. The molecule has 0 saturated heterocycles. The largest absolute Gasteiger partial charge is 0.457 e. The van der Waals surface area contributed by atoms with E-state index < -0.39 is 0 Å². The fourth-order valence-electron chi connectivity index (χ4n) is 1.65. The van der Waals surface area contributed by atoms with Gasteiger partial charge >= 0.3 is 0 Å². The first-order chi connectivity index (χ1) is 8.58. The van der Waals surface area contributed by atoms with Crippen LogP contribution in [0.15, 0.2) is 46.9 Å². The average Bonchev–Trinajstić information content (AvgIpc) is 2.34. The maximum absolute atomic E-state index is 11.5. The van der Waals surface area contributed by atoms with Crippen LogP contribution in [0.3, 0.4) is 0 Å². The molecule has 0 atom stereocenters. The second kappa shape index (κ2) is 5.36. The predicted molar refractivity (Wildman–Crippen MR) is 75.4 cm³/mol. The third kappa shape index (κ3) is 2.79. The molecule has 92 valence electrons. The van der Waals surface area contributed by atoms with Gasteiger partial charge in [-0.1, -0.05) is 28.1 Å². The molecule has 0 aromatic heterocycles. The van der Waals surface area contributed by atoms with E-state index in [4.69, 9.17) is 4.74 Å². The first-order valence-electron chi connectivity index (χ1n) is 5.62. The molecule has 0 amide bonds. The minimum atomic E-state index is -0.000524. The maximum atomic E-state index is 11.5. The van der Waals surface area contributed by atoms with E-state index in [2.05, 4.69) is 15.9 Å². The van der Waals surface area contributed by atoms with Crippen molar-refractivity contribution in [3.8, 4) is 11.5 Å². The van der Waals surface area contributed by atoms with Crippen LogP contribution in [0.4, 0.5) is 0 Å². The van der Waals surface area contributed by atoms with Crippen LogP contribution >= 0.6 is 15.9 Å². The van der Waals surface area contributed by atoms with E-state index in [1.54, 1.807) is 12.1 Å². The normalized spacial score (nSPS) is 10.2. The standard InChI is InChI=1S/C15H13BrO2/c1-10-9-12(7-8-14(10)16)18-15-6-4-3-5-13(15)11(2)17/h3-9H,1-2H3. The van der Waals surface area contributed by atoms with Crippen molar-refractivity contribution in [3.63, 3.8) is 0 Å². The highest BCUT2D eigenvalue weighted by molar-refractivity contribution is 9.10. The van der Waals surface area contributed by atoms with Crippen LogP contribution in [-0.2, 0) is 0 Å². The Morgan fingerprint density at radius 3 is 2.56 bits per heavy atom. The summed E-state index contributed by atoms with van der Waals surface area (Å²) in [6.07, 6.45) is 0. The number of Topliss-reactive ketones (excluding diaryl/α,β-unsaturated/α-hetero) is 1. The molecule has 0 spiro atoms. The zero-order valence-corrected chi connectivity index (χ0v) is 11.8. The number of ether oxygens (including phenoxy) is 1. The number of ketones is 1. The van der Waals surface area contributed by atoms with Crippen molar-refractivity contribution in [2.45, 2.75) is 13.8 Å². The summed E-state index contributed by atoms with van der Waals surface area (Å²) in [5, 5.41) is 0. The van der Waals surface area contributed by atoms with E-state index in [0.717, 1.165) is 15.8 Å². The second-order valence-electron chi connectivity index (χ2n) is 4.07. The van der Waals surface area contributed by atoms with Gasteiger partial charge in [0.05, 0.1) is 5.56 Å². The zero-order chi connectivity index (χ0) is 13.1. The smallest absolute Gasteiger partial charge is 0.163 e. The molecule has 0 radical (unpaired) electrons. The SMILES string of the molecule is CC(=O)c1ccccc1Oc1ccc(Br)c(C)c1. The van der Waals surface area contributed by atoms with Gasteiger partial charge < -0.3 is 4.74 Å². The van der Waals surface area contributed by atoms with Crippen molar-refractivity contribution in [2.75, 3.05) is 0 Å². The molecule has 2 nitrogen and oxygen atoms in total. The van der Waals surface area contributed by atoms with Crippen LogP contribution in [0.1, 0.15) is 22.8 Å². The summed E-state index contributed by atoms with van der Waals surface area (Å²) in [7, 11) is 0. The van der Waals surface area contributed by atoms with Gasteiger partial charge in [0.1, 0.15) is 11.5 Å². The number of para-hydroxylation sites is 1. The Balaban J connectivity index is 2.34. The molecular weight excluding hydrogens is 292 g/mol. The Kier molecular flexibility index (Phi) is 3.82. The highest BCUT2D eigenvalue weighted by Gasteiger charge is 2.08. The summed E-state index contributed by atoms with van der Waals surface area (Å²) < 4.78 is 6.80. The lowest BCUT2D eigenvalue weighted by Gasteiger charge is -2.10. The highest BCUT2D eigenvalue weighted by atomic mass is 79.9. The lowest BCUT2D eigenvalue weighted by molar-refractivity contribution is 0.101. The Morgan fingerprint density at radius 2 is 1.89 bits per heavy atom. The van der Waals surface area contributed by atoms with Crippen LogP contribution in [0.25, 0.3) is 0 Å². The molecule has 0 aliphatic heterocycles. The molecule has 0 N–H and O–H groups in total. The van der Waals surface area contributed by atoms with Gasteiger partial charge in [-0.25, -0.2) is 0 Å². The van der Waals surface area contributed by atoms with E-state index in [0.29, 0.717) is 11.3 Å². The van der Waals surface area contributed by atoms with Crippen molar-refractivity contribution in [1.82, 2.24) is 0 Å². The van der Waals surface area contributed by atoms with E-state index in [1.165, 1.54) is 6.92 Å². The molecule has 3 heteroatoms. The number of hydrogen-bond donors (Lipinski definition) is 0. The monoisotopic (exact) mass is 304 g/mol. The molecule has 2 rings (SSSR count). The summed E-state index contributed by atoms with van der Waals surface area (Å²) in [5.74, 6) is 1.32. The molecule has 0 aliphatic rings. The first kappa shape index (κ1) is 12.8. The Labute approximate surface area is 115 Å². The van der Waals surface area contributed by atoms with E-state index in [-0.39, 0.29) is 5.78 Å². The fraction of sp³-hybridized carbons (Fsp3) is 0.133. The number of benzene rings is 2. The molecule has 0 bridgehead atoms. The van der Waals surface area contributed by atoms with Crippen LogP contribution in [0, 0.1) is 6.92 Å². The summed E-state index contributed by atoms with van der Waals surface area (Å²) in [6, 6.07) is 13.0. The van der Waals surface area contributed by atoms with Crippen molar-refractivity contribution < 1.29 is 9.53 Å².